The summed E-state index contributed by atoms with van der Waals surface area (Å²) in [6.45, 7) is 19.5. The number of ether oxygens (including phenoxy) is 2. The zero-order valence-corrected chi connectivity index (χ0v) is 26.8. The molecule has 0 bridgehead atoms. The van der Waals surface area contributed by atoms with Gasteiger partial charge in [-0.15, -0.1) is 0 Å². The van der Waals surface area contributed by atoms with Crippen LogP contribution in [0.4, 0.5) is 0 Å². The fourth-order valence-electron chi connectivity index (χ4n) is 6.15. The third-order valence-corrected chi connectivity index (χ3v) is 17.2. The van der Waals surface area contributed by atoms with Crippen molar-refractivity contribution in [1.82, 2.24) is 0 Å². The second kappa shape index (κ2) is 11.1. The van der Waals surface area contributed by atoms with Crippen molar-refractivity contribution < 1.29 is 23.9 Å². The average molecular weight is 549 g/mol. The summed E-state index contributed by atoms with van der Waals surface area (Å²) < 4.78 is 11.8. The molecule has 3 rings (SSSR count). The van der Waals surface area contributed by atoms with Gasteiger partial charge in [0.2, 0.25) is 0 Å². The fourth-order valence-corrected chi connectivity index (χ4v) is 7.66. The molecule has 0 radical (unpaired) electrons. The van der Waals surface area contributed by atoms with Crippen molar-refractivity contribution >= 4 is 22.6 Å². The first kappa shape index (κ1) is 30.4. The van der Waals surface area contributed by atoms with Crippen LogP contribution < -0.4 is 4.74 Å². The standard InChI is InChI=1S/C30H52O5Si2/c1-10-34-26(31)16-12-14-21-13-11-15-24-27-23(17-18-29(2,3)36(6,7)32)22(19-25(27)35-28(21)24)20-30(4,5)37(8,9)33/h11,13,15,22-23,25,27,32-33H,10,12,14,16-20H2,1-9H3/t22-,23-,25-,27-/m0/s1. The Morgan fingerprint density at radius 2 is 1.73 bits per heavy atom. The largest absolute Gasteiger partial charge is 0.489 e. The SMILES string of the molecule is CCOC(=O)CCCc1cccc2c1O[C@H]1C[C@@H](CC(C)(C)[Si](C)(C)O)[C@H](CCC(C)(C)[Si](C)(C)O)[C@@H]21. The summed E-state index contributed by atoms with van der Waals surface area (Å²) in [5.74, 6) is 2.21. The van der Waals surface area contributed by atoms with Crippen LogP contribution in [0.2, 0.25) is 36.3 Å². The highest BCUT2D eigenvalue weighted by Crippen LogP contribution is 2.59. The molecule has 0 saturated heterocycles. The van der Waals surface area contributed by atoms with Crippen molar-refractivity contribution in [2.75, 3.05) is 6.61 Å². The number of esters is 1. The van der Waals surface area contributed by atoms with E-state index in [-0.39, 0.29) is 22.1 Å². The molecule has 7 heteroatoms. The lowest BCUT2D eigenvalue weighted by molar-refractivity contribution is -0.143. The molecule has 4 atom stereocenters. The van der Waals surface area contributed by atoms with Gasteiger partial charge >= 0.3 is 5.97 Å². The molecule has 1 aliphatic carbocycles. The number of carbonyl (C=O) groups excluding carboxylic acids is 1. The van der Waals surface area contributed by atoms with Gasteiger partial charge in [0.05, 0.1) is 6.61 Å². The van der Waals surface area contributed by atoms with Crippen molar-refractivity contribution in [2.45, 2.75) is 128 Å². The van der Waals surface area contributed by atoms with Gasteiger partial charge in [0.25, 0.3) is 0 Å². The zero-order valence-electron chi connectivity index (χ0n) is 24.8. The maximum absolute atomic E-state index is 11.8. The minimum atomic E-state index is -2.33. The smallest absolute Gasteiger partial charge is 0.305 e. The Morgan fingerprint density at radius 3 is 2.32 bits per heavy atom. The number of para-hydroxylation sites is 1. The van der Waals surface area contributed by atoms with E-state index in [0.717, 1.165) is 44.3 Å². The van der Waals surface area contributed by atoms with Crippen LogP contribution in [0.15, 0.2) is 18.2 Å². The van der Waals surface area contributed by atoms with E-state index >= 15 is 0 Å². The molecule has 2 aliphatic rings. The topological polar surface area (TPSA) is 76.0 Å². The van der Waals surface area contributed by atoms with E-state index in [4.69, 9.17) is 9.47 Å². The molecule has 0 spiro atoms. The van der Waals surface area contributed by atoms with Crippen LogP contribution in [0.1, 0.15) is 90.2 Å². The third kappa shape index (κ3) is 6.71. The Labute approximate surface area is 227 Å². The Hall–Kier alpha value is -1.16. The highest BCUT2D eigenvalue weighted by Gasteiger charge is 2.53. The Bertz CT molecular complexity index is 944. The van der Waals surface area contributed by atoms with Crippen LogP contribution in [0.3, 0.4) is 0 Å². The van der Waals surface area contributed by atoms with Crippen LogP contribution in [-0.4, -0.2) is 44.9 Å². The van der Waals surface area contributed by atoms with Gasteiger partial charge in [0.1, 0.15) is 11.9 Å². The Balaban J connectivity index is 1.86. The summed E-state index contributed by atoms with van der Waals surface area (Å²) in [6, 6.07) is 6.54. The first-order valence-electron chi connectivity index (χ1n) is 14.4. The Kier molecular flexibility index (Phi) is 9.15. The van der Waals surface area contributed by atoms with Crippen LogP contribution in [0, 0.1) is 11.8 Å². The molecule has 0 unspecified atom stereocenters. The summed E-state index contributed by atoms with van der Waals surface area (Å²) in [7, 11) is -4.63. The van der Waals surface area contributed by atoms with Crippen molar-refractivity contribution in [3.63, 3.8) is 0 Å². The van der Waals surface area contributed by atoms with Crippen molar-refractivity contribution in [1.29, 1.82) is 0 Å². The second-order valence-electron chi connectivity index (χ2n) is 14.0. The quantitative estimate of drug-likeness (QED) is 0.214. The van der Waals surface area contributed by atoms with Gasteiger partial charge in [-0.1, -0.05) is 45.9 Å². The van der Waals surface area contributed by atoms with Gasteiger partial charge in [-0.05, 0) is 99.1 Å². The third-order valence-electron chi connectivity index (χ3n) is 10.1. The van der Waals surface area contributed by atoms with Crippen LogP contribution in [0.5, 0.6) is 5.75 Å². The van der Waals surface area contributed by atoms with Gasteiger partial charge in [0.15, 0.2) is 16.6 Å². The van der Waals surface area contributed by atoms with Gasteiger partial charge in [-0.25, -0.2) is 0 Å². The van der Waals surface area contributed by atoms with Crippen LogP contribution in [-0.2, 0) is 16.0 Å². The number of hydrogen-bond donors (Lipinski definition) is 2. The van der Waals surface area contributed by atoms with Crippen molar-refractivity contribution in [3.05, 3.63) is 29.3 Å². The lowest BCUT2D eigenvalue weighted by Gasteiger charge is -2.40. The summed E-state index contributed by atoms with van der Waals surface area (Å²) in [4.78, 5) is 33.9. The van der Waals surface area contributed by atoms with Crippen molar-refractivity contribution in [3.8, 4) is 5.75 Å². The zero-order chi connectivity index (χ0) is 27.8. The maximum Gasteiger partial charge on any atom is 0.305 e. The Morgan fingerprint density at radius 1 is 1.08 bits per heavy atom. The minimum Gasteiger partial charge on any atom is -0.489 e. The second-order valence-corrected chi connectivity index (χ2v) is 22.9. The number of rotatable bonds is 12. The molecule has 210 valence electrons. The van der Waals surface area contributed by atoms with E-state index in [1.807, 2.05) is 6.92 Å². The number of hydrogen-bond acceptors (Lipinski definition) is 5. The van der Waals surface area contributed by atoms with E-state index in [1.54, 1.807) is 0 Å². The van der Waals surface area contributed by atoms with E-state index in [0.29, 0.717) is 30.8 Å². The number of fused-ring (bicyclic) bond motifs is 3. The summed E-state index contributed by atoms with van der Waals surface area (Å²) in [5.41, 5.74) is 2.52. The molecule has 0 aromatic heterocycles. The van der Waals surface area contributed by atoms with E-state index in [2.05, 4.69) is 72.1 Å². The molecule has 1 aliphatic heterocycles. The monoisotopic (exact) mass is 548 g/mol. The van der Waals surface area contributed by atoms with Gasteiger partial charge in [-0.3, -0.25) is 4.79 Å². The highest BCUT2D eigenvalue weighted by molar-refractivity contribution is 6.73. The summed E-state index contributed by atoms with van der Waals surface area (Å²) in [6.07, 6.45) is 6.26. The fraction of sp³-hybridized carbons (Fsp3) is 0.767. The van der Waals surface area contributed by atoms with E-state index in [1.165, 1.54) is 11.1 Å². The lowest BCUT2D eigenvalue weighted by atomic mass is 9.77. The molecule has 1 fully saturated rings. The van der Waals surface area contributed by atoms with Crippen LogP contribution in [0.25, 0.3) is 0 Å². The van der Waals surface area contributed by atoms with E-state index < -0.39 is 16.6 Å². The molecular weight excluding hydrogens is 496 g/mol. The first-order chi connectivity index (χ1) is 17.0. The lowest BCUT2D eigenvalue weighted by Crippen LogP contribution is -2.41. The molecule has 1 aromatic rings. The molecule has 2 N–H and O–H groups in total. The average Bonchev–Trinajstić information content (AvgIpc) is 3.26. The van der Waals surface area contributed by atoms with Crippen LogP contribution >= 0.6 is 0 Å². The molecule has 1 aromatic carbocycles. The minimum absolute atomic E-state index is 0.0621. The number of benzene rings is 1. The molecular formula is C30H52O5Si2. The highest BCUT2D eigenvalue weighted by atomic mass is 28.4. The molecule has 0 amide bonds. The maximum atomic E-state index is 11.8. The van der Waals surface area contributed by atoms with Gasteiger partial charge in [-0.2, -0.15) is 0 Å². The summed E-state index contributed by atoms with van der Waals surface area (Å²) in [5, 5.41) is -0.139. The predicted molar refractivity (Wildman–Crippen MR) is 156 cm³/mol. The number of carbonyl (C=O) groups is 1. The predicted octanol–water partition coefficient (Wildman–Crippen LogP) is 7.18. The van der Waals surface area contributed by atoms with Crippen molar-refractivity contribution in [2.24, 2.45) is 11.8 Å². The van der Waals surface area contributed by atoms with E-state index in [9.17, 15) is 14.4 Å². The first-order valence-corrected chi connectivity index (χ1v) is 20.3. The molecule has 1 heterocycles. The molecule has 5 nitrogen and oxygen atoms in total. The number of aryl methyl sites for hydroxylation is 1. The molecule has 1 saturated carbocycles. The van der Waals surface area contributed by atoms with Gasteiger partial charge < -0.3 is 19.1 Å². The van der Waals surface area contributed by atoms with Gasteiger partial charge in [0, 0.05) is 17.9 Å². The molecule has 37 heavy (non-hydrogen) atoms. The normalized spacial score (nSPS) is 24.0. The summed E-state index contributed by atoms with van der Waals surface area (Å²) >= 11 is 0.